The zero-order valence-corrected chi connectivity index (χ0v) is 21.5. The Hall–Kier alpha value is -1.08. The molecule has 1 aromatic heterocycles. The number of ether oxygens (including phenoxy) is 6. The van der Waals surface area contributed by atoms with E-state index in [2.05, 4.69) is 14.8 Å². The highest BCUT2D eigenvalue weighted by Gasteiger charge is 2.60. The molecule has 5 heterocycles. The molecule has 5 rings (SSSR count). The fourth-order valence-electron chi connectivity index (χ4n) is 5.23. The van der Waals surface area contributed by atoms with Crippen LogP contribution < -0.4 is 4.90 Å². The molecular formula is C24H36ClN3O7. The van der Waals surface area contributed by atoms with Gasteiger partial charge in [-0.25, -0.2) is 4.98 Å². The highest BCUT2D eigenvalue weighted by molar-refractivity contribution is 6.29. The lowest BCUT2D eigenvalue weighted by molar-refractivity contribution is -0.244. The lowest BCUT2D eigenvalue weighted by Gasteiger charge is -2.37. The zero-order valence-electron chi connectivity index (χ0n) is 20.8. The van der Waals surface area contributed by atoms with Crippen molar-refractivity contribution < 1.29 is 33.5 Å². The number of nitrogens with zero attached hydrogens (tertiary/aromatic N) is 3. The first-order valence-electron chi connectivity index (χ1n) is 12.3. The van der Waals surface area contributed by atoms with Gasteiger partial charge in [0.2, 0.25) is 0 Å². The Bertz CT molecular complexity index is 882. The molecule has 1 aromatic rings. The maximum absolute atomic E-state index is 10.6. The molecule has 0 radical (unpaired) electrons. The Morgan fingerprint density at radius 2 is 1.71 bits per heavy atom. The van der Waals surface area contributed by atoms with Crippen LogP contribution >= 0.6 is 11.6 Å². The minimum atomic E-state index is -0.755. The topological polar surface area (TPSA) is 95.0 Å². The van der Waals surface area contributed by atoms with Crippen LogP contribution in [-0.2, 0) is 28.4 Å². The first kappa shape index (κ1) is 25.6. The Balaban J connectivity index is 1.08. The summed E-state index contributed by atoms with van der Waals surface area (Å²) >= 11 is 6.02. The molecule has 0 saturated carbocycles. The normalized spacial score (nSPS) is 35.0. The van der Waals surface area contributed by atoms with E-state index in [4.69, 9.17) is 40.0 Å². The van der Waals surface area contributed by atoms with Crippen LogP contribution in [0.25, 0.3) is 0 Å². The molecule has 4 saturated heterocycles. The molecule has 4 aliphatic heterocycles. The largest absolute Gasteiger partial charge is 0.389 e. The summed E-state index contributed by atoms with van der Waals surface area (Å²) in [5, 5.41) is 11.1. The number of anilines is 1. The van der Waals surface area contributed by atoms with Crippen LogP contribution in [-0.4, -0.2) is 109 Å². The fourth-order valence-corrected chi connectivity index (χ4v) is 5.39. The summed E-state index contributed by atoms with van der Waals surface area (Å²) in [5.74, 6) is -0.616. The maximum atomic E-state index is 10.6. The van der Waals surface area contributed by atoms with Gasteiger partial charge in [0, 0.05) is 32.7 Å². The van der Waals surface area contributed by atoms with Crippen molar-refractivity contribution >= 4 is 17.4 Å². The van der Waals surface area contributed by atoms with E-state index in [1.807, 2.05) is 39.8 Å². The van der Waals surface area contributed by atoms with Gasteiger partial charge in [0.1, 0.15) is 35.4 Å². The van der Waals surface area contributed by atoms with Gasteiger partial charge in [-0.15, -0.1) is 0 Å². The molecule has 10 nitrogen and oxygen atoms in total. The number of aromatic nitrogens is 1. The second kappa shape index (κ2) is 10.00. The van der Waals surface area contributed by atoms with Gasteiger partial charge in [0.05, 0.1) is 19.3 Å². The third kappa shape index (κ3) is 5.92. The van der Waals surface area contributed by atoms with Crippen LogP contribution in [0, 0.1) is 0 Å². The zero-order chi connectivity index (χ0) is 24.8. The van der Waals surface area contributed by atoms with Crippen molar-refractivity contribution in [3.63, 3.8) is 0 Å². The Morgan fingerprint density at radius 1 is 1.03 bits per heavy atom. The second-order valence-corrected chi connectivity index (χ2v) is 10.9. The third-order valence-corrected chi connectivity index (χ3v) is 6.92. The number of β-amino-alcohol motifs (C(OH)–C–C–N with tert-alkyl or cyclic N) is 1. The highest BCUT2D eigenvalue weighted by Crippen LogP contribution is 2.44. The minimum absolute atomic E-state index is 0.203. The molecule has 0 aromatic carbocycles. The van der Waals surface area contributed by atoms with Crippen molar-refractivity contribution in [2.24, 2.45) is 0 Å². The summed E-state index contributed by atoms with van der Waals surface area (Å²) in [4.78, 5) is 8.82. The van der Waals surface area contributed by atoms with Gasteiger partial charge in [-0.1, -0.05) is 17.7 Å². The number of hydrogen-bond donors (Lipinski definition) is 1. The van der Waals surface area contributed by atoms with Crippen LogP contribution in [0.3, 0.4) is 0 Å². The van der Waals surface area contributed by atoms with Gasteiger partial charge in [-0.2, -0.15) is 0 Å². The van der Waals surface area contributed by atoms with E-state index in [1.54, 1.807) is 6.07 Å². The van der Waals surface area contributed by atoms with E-state index in [0.717, 1.165) is 32.0 Å². The van der Waals surface area contributed by atoms with E-state index in [-0.39, 0.29) is 37.6 Å². The summed E-state index contributed by atoms with van der Waals surface area (Å²) in [6, 6.07) is 5.65. The minimum Gasteiger partial charge on any atom is -0.389 e. The van der Waals surface area contributed by atoms with E-state index >= 15 is 0 Å². The number of halogens is 1. The summed E-state index contributed by atoms with van der Waals surface area (Å²) in [6.45, 7) is 11.8. The molecule has 4 fully saturated rings. The first-order valence-corrected chi connectivity index (χ1v) is 12.7. The molecule has 11 heteroatoms. The number of aliphatic hydroxyl groups excluding tert-OH is 1. The Labute approximate surface area is 211 Å². The smallest absolute Gasteiger partial charge is 0.190 e. The standard InChI is InChI=1S/C24H36ClN3O7/c1-23(2)32-19-16(31-22-21(20(19)33-23)34-24(3,4)35-22)14-30-13-15(29)12-27-8-10-28(11-9-27)18-7-5-6-17(25)26-18/h5-7,15-16,19-22,29H,8-14H2,1-4H3/t15?,16-,19+,20+,21-,22-/m1/s1. The van der Waals surface area contributed by atoms with Crippen LogP contribution in [0.15, 0.2) is 18.2 Å². The lowest BCUT2D eigenvalue weighted by atomic mass is 9.99. The summed E-state index contributed by atoms with van der Waals surface area (Å²) < 4.78 is 36.3. The molecule has 1 N–H and O–H groups in total. The van der Waals surface area contributed by atoms with Crippen molar-refractivity contribution in [3.8, 4) is 0 Å². The molecule has 4 aliphatic rings. The van der Waals surface area contributed by atoms with Crippen molar-refractivity contribution in [3.05, 3.63) is 23.4 Å². The van der Waals surface area contributed by atoms with E-state index < -0.39 is 24.0 Å². The number of fused-ring (bicyclic) bond motifs is 3. The number of piperazine rings is 1. The molecule has 6 atom stereocenters. The van der Waals surface area contributed by atoms with Crippen LogP contribution in [0.1, 0.15) is 27.7 Å². The van der Waals surface area contributed by atoms with Crippen LogP contribution in [0.5, 0.6) is 0 Å². The molecule has 0 bridgehead atoms. The third-order valence-electron chi connectivity index (χ3n) is 6.71. The summed E-state index contributed by atoms with van der Waals surface area (Å²) in [5.41, 5.74) is 0. The lowest BCUT2D eigenvalue weighted by Crippen LogP contribution is -2.56. The number of hydrogen-bond acceptors (Lipinski definition) is 10. The highest BCUT2D eigenvalue weighted by atomic mass is 35.5. The monoisotopic (exact) mass is 513 g/mol. The average Bonchev–Trinajstić information content (AvgIpc) is 3.28. The van der Waals surface area contributed by atoms with Gasteiger partial charge in [0.25, 0.3) is 0 Å². The average molecular weight is 514 g/mol. The summed E-state index contributed by atoms with van der Waals surface area (Å²) in [6.07, 6.45) is -2.56. The van der Waals surface area contributed by atoms with E-state index in [1.165, 1.54) is 0 Å². The van der Waals surface area contributed by atoms with Crippen molar-refractivity contribution in [1.82, 2.24) is 9.88 Å². The predicted octanol–water partition coefficient (Wildman–Crippen LogP) is 1.63. The maximum Gasteiger partial charge on any atom is 0.190 e. The number of rotatable bonds is 7. The number of pyridine rings is 1. The Morgan fingerprint density at radius 3 is 2.46 bits per heavy atom. The van der Waals surface area contributed by atoms with E-state index in [9.17, 15) is 5.11 Å². The van der Waals surface area contributed by atoms with Gasteiger partial charge in [-0.05, 0) is 39.8 Å². The quantitative estimate of drug-likeness (QED) is 0.542. The molecule has 0 spiro atoms. The molecule has 196 valence electrons. The van der Waals surface area contributed by atoms with Gasteiger partial charge >= 0.3 is 0 Å². The fraction of sp³-hybridized carbons (Fsp3) is 0.792. The van der Waals surface area contributed by atoms with Crippen LogP contribution in [0.4, 0.5) is 5.82 Å². The predicted molar refractivity (Wildman–Crippen MR) is 127 cm³/mol. The Kier molecular flexibility index (Phi) is 7.30. The molecule has 0 aliphatic carbocycles. The molecule has 35 heavy (non-hydrogen) atoms. The molecule has 1 unspecified atom stereocenters. The van der Waals surface area contributed by atoms with Crippen molar-refractivity contribution in [2.45, 2.75) is 76.1 Å². The van der Waals surface area contributed by atoms with E-state index in [0.29, 0.717) is 11.7 Å². The van der Waals surface area contributed by atoms with Gasteiger partial charge < -0.3 is 38.4 Å². The second-order valence-electron chi connectivity index (χ2n) is 10.5. The van der Waals surface area contributed by atoms with Gasteiger partial charge in [-0.3, -0.25) is 4.90 Å². The molecule has 0 amide bonds. The van der Waals surface area contributed by atoms with Crippen LogP contribution in [0.2, 0.25) is 5.15 Å². The van der Waals surface area contributed by atoms with Crippen molar-refractivity contribution in [1.29, 1.82) is 0 Å². The SMILES string of the molecule is CC1(C)O[C@H]2[C@@H](O1)[C@@H](COCC(O)CN1CCN(c3cccc(Cl)n3)CC1)O[C@@H]1OC(C)(C)O[C@@H]12. The van der Waals surface area contributed by atoms with Crippen molar-refractivity contribution in [2.75, 3.05) is 50.8 Å². The van der Waals surface area contributed by atoms with Gasteiger partial charge in [0.15, 0.2) is 17.9 Å². The molecular weight excluding hydrogens is 478 g/mol. The summed E-state index contributed by atoms with van der Waals surface area (Å²) in [7, 11) is 0. The first-order chi connectivity index (χ1) is 16.6. The number of aliphatic hydroxyl groups is 1.